The Labute approximate surface area is 148 Å². The van der Waals surface area contributed by atoms with Crippen LogP contribution in [-0.2, 0) is 4.79 Å². The highest BCUT2D eigenvalue weighted by Gasteiger charge is 2.37. The molecular weight excluding hydrogens is 335 g/mol. The van der Waals surface area contributed by atoms with Crippen LogP contribution in [0.2, 0.25) is 5.02 Å². The number of rotatable bonds is 3. The highest BCUT2D eigenvalue weighted by molar-refractivity contribution is 6.31. The van der Waals surface area contributed by atoms with Crippen molar-refractivity contribution in [2.75, 3.05) is 32.8 Å². The van der Waals surface area contributed by atoms with Crippen LogP contribution in [0.3, 0.4) is 0 Å². The van der Waals surface area contributed by atoms with Gasteiger partial charge in [-0.15, -0.1) is 12.4 Å². The predicted octanol–water partition coefficient (Wildman–Crippen LogP) is 3.05. The second-order valence-electron chi connectivity index (χ2n) is 6.51. The van der Waals surface area contributed by atoms with Crippen LogP contribution in [0.5, 0.6) is 5.75 Å². The zero-order valence-corrected chi connectivity index (χ0v) is 15.0. The van der Waals surface area contributed by atoms with Crippen LogP contribution in [0.15, 0.2) is 18.2 Å². The van der Waals surface area contributed by atoms with Crippen molar-refractivity contribution in [1.82, 2.24) is 10.2 Å². The molecule has 1 amide bonds. The molecule has 0 aliphatic carbocycles. The van der Waals surface area contributed by atoms with E-state index in [1.165, 1.54) is 6.42 Å². The summed E-state index contributed by atoms with van der Waals surface area (Å²) in [5.74, 6) is 0.775. The molecule has 0 radical (unpaired) electrons. The summed E-state index contributed by atoms with van der Waals surface area (Å²) in [7, 11) is 0. The van der Waals surface area contributed by atoms with Crippen LogP contribution in [-0.4, -0.2) is 43.6 Å². The van der Waals surface area contributed by atoms with Crippen molar-refractivity contribution in [3.63, 3.8) is 0 Å². The molecule has 0 aromatic heterocycles. The van der Waals surface area contributed by atoms with Crippen molar-refractivity contribution in [2.24, 2.45) is 5.41 Å². The largest absolute Gasteiger partial charge is 0.484 e. The third-order valence-corrected chi connectivity index (χ3v) is 5.42. The molecule has 2 fully saturated rings. The van der Waals surface area contributed by atoms with Gasteiger partial charge in [-0.3, -0.25) is 4.79 Å². The van der Waals surface area contributed by atoms with E-state index in [2.05, 4.69) is 5.32 Å². The number of amides is 1. The Morgan fingerprint density at radius 1 is 1.35 bits per heavy atom. The van der Waals surface area contributed by atoms with Gasteiger partial charge in [-0.25, -0.2) is 0 Å². The number of ether oxygens (including phenoxy) is 1. The number of carbonyl (C=O) groups is 1. The van der Waals surface area contributed by atoms with E-state index < -0.39 is 0 Å². The summed E-state index contributed by atoms with van der Waals surface area (Å²) in [6, 6.07) is 5.47. The molecule has 2 aliphatic rings. The molecule has 4 nitrogen and oxygen atoms in total. The van der Waals surface area contributed by atoms with Gasteiger partial charge in [-0.2, -0.15) is 0 Å². The first-order chi connectivity index (χ1) is 10.6. The third-order valence-electron chi connectivity index (χ3n) is 5.00. The molecule has 1 spiro atoms. The number of halogens is 2. The lowest BCUT2D eigenvalue weighted by atomic mass is 9.78. The molecule has 0 unspecified atom stereocenters. The monoisotopic (exact) mass is 358 g/mol. The summed E-state index contributed by atoms with van der Waals surface area (Å²) in [5.41, 5.74) is 1.39. The van der Waals surface area contributed by atoms with Gasteiger partial charge >= 0.3 is 0 Å². The lowest BCUT2D eigenvalue weighted by Crippen LogP contribution is -2.45. The number of nitrogens with zero attached hydrogens (tertiary/aromatic N) is 1. The predicted molar refractivity (Wildman–Crippen MR) is 94.7 cm³/mol. The first kappa shape index (κ1) is 18.4. The van der Waals surface area contributed by atoms with Gasteiger partial charge < -0.3 is 15.0 Å². The van der Waals surface area contributed by atoms with E-state index in [9.17, 15) is 4.79 Å². The highest BCUT2D eigenvalue weighted by atomic mass is 35.5. The third kappa shape index (κ3) is 4.31. The van der Waals surface area contributed by atoms with E-state index in [0.29, 0.717) is 16.2 Å². The average molecular weight is 359 g/mol. The number of nitrogens with one attached hydrogen (secondary N) is 1. The Morgan fingerprint density at radius 3 is 2.70 bits per heavy atom. The number of piperidine rings is 1. The van der Waals surface area contributed by atoms with Crippen LogP contribution < -0.4 is 10.1 Å². The number of likely N-dealkylation sites (tertiary alicyclic amines) is 1. The summed E-state index contributed by atoms with van der Waals surface area (Å²) in [4.78, 5) is 14.2. The van der Waals surface area contributed by atoms with Crippen LogP contribution >= 0.6 is 24.0 Å². The molecule has 0 saturated carbocycles. The Kier molecular flexibility index (Phi) is 6.18. The molecule has 0 atom stereocenters. The fourth-order valence-electron chi connectivity index (χ4n) is 3.40. The van der Waals surface area contributed by atoms with Crippen molar-refractivity contribution in [3.8, 4) is 5.75 Å². The van der Waals surface area contributed by atoms with Crippen molar-refractivity contribution in [1.29, 1.82) is 0 Å². The Bertz CT molecular complexity index is 550. The topological polar surface area (TPSA) is 41.6 Å². The van der Waals surface area contributed by atoms with Gasteiger partial charge in [0, 0.05) is 24.7 Å². The summed E-state index contributed by atoms with van der Waals surface area (Å²) in [6.07, 6.45) is 3.45. The minimum absolute atomic E-state index is 0. The minimum Gasteiger partial charge on any atom is -0.484 e. The summed E-state index contributed by atoms with van der Waals surface area (Å²) in [6.45, 7) is 5.96. The van der Waals surface area contributed by atoms with Crippen LogP contribution in [0.4, 0.5) is 0 Å². The maximum atomic E-state index is 12.3. The second kappa shape index (κ2) is 7.73. The molecule has 2 heterocycles. The van der Waals surface area contributed by atoms with E-state index >= 15 is 0 Å². The first-order valence-electron chi connectivity index (χ1n) is 7.95. The fourth-order valence-corrected chi connectivity index (χ4v) is 3.51. The molecule has 1 aromatic rings. The van der Waals surface area contributed by atoms with Gasteiger partial charge in [-0.1, -0.05) is 11.6 Å². The van der Waals surface area contributed by atoms with Gasteiger partial charge in [0.1, 0.15) is 5.75 Å². The Hall–Kier alpha value is -0.970. The molecule has 23 heavy (non-hydrogen) atoms. The lowest BCUT2D eigenvalue weighted by Gasteiger charge is -2.38. The standard InChI is InChI=1S/C17H23ClN2O2.ClH/c1-13-10-14(2-3-15(13)18)22-11-16(21)20-8-5-17(6-9-20)4-7-19-12-17;/h2-3,10,19H,4-9,11-12H2,1H3;1H. The molecule has 2 saturated heterocycles. The quantitative estimate of drug-likeness (QED) is 0.902. The van der Waals surface area contributed by atoms with Crippen molar-refractivity contribution < 1.29 is 9.53 Å². The summed E-state index contributed by atoms with van der Waals surface area (Å²) < 4.78 is 5.61. The normalized spacial score (nSPS) is 19.5. The van der Waals surface area contributed by atoms with Gasteiger partial charge in [-0.05, 0) is 61.9 Å². The van der Waals surface area contributed by atoms with Crippen LogP contribution in [0.25, 0.3) is 0 Å². The zero-order chi connectivity index (χ0) is 15.6. The number of hydrogen-bond donors (Lipinski definition) is 1. The van der Waals surface area contributed by atoms with E-state index in [1.54, 1.807) is 12.1 Å². The van der Waals surface area contributed by atoms with Gasteiger partial charge in [0.25, 0.3) is 5.91 Å². The molecule has 2 aliphatic heterocycles. The van der Waals surface area contributed by atoms with Gasteiger partial charge in [0.2, 0.25) is 0 Å². The maximum Gasteiger partial charge on any atom is 0.260 e. The highest BCUT2D eigenvalue weighted by Crippen LogP contribution is 2.36. The molecule has 3 rings (SSSR count). The molecule has 6 heteroatoms. The average Bonchev–Trinajstić information content (AvgIpc) is 2.97. The van der Waals surface area contributed by atoms with Crippen molar-refractivity contribution >= 4 is 29.9 Å². The van der Waals surface area contributed by atoms with Gasteiger partial charge in [0.15, 0.2) is 6.61 Å². The number of benzene rings is 1. The Morgan fingerprint density at radius 2 is 2.09 bits per heavy atom. The second-order valence-corrected chi connectivity index (χ2v) is 6.91. The molecule has 0 bridgehead atoms. The van der Waals surface area contributed by atoms with E-state index in [-0.39, 0.29) is 24.9 Å². The summed E-state index contributed by atoms with van der Waals surface area (Å²) in [5, 5.41) is 4.16. The number of carbonyl (C=O) groups excluding carboxylic acids is 1. The minimum atomic E-state index is 0. The molecule has 128 valence electrons. The van der Waals surface area contributed by atoms with Gasteiger partial charge in [0.05, 0.1) is 0 Å². The fraction of sp³-hybridized carbons (Fsp3) is 0.588. The smallest absolute Gasteiger partial charge is 0.260 e. The van der Waals surface area contributed by atoms with E-state index in [0.717, 1.165) is 44.6 Å². The van der Waals surface area contributed by atoms with Crippen LogP contribution in [0, 0.1) is 12.3 Å². The van der Waals surface area contributed by atoms with Crippen LogP contribution in [0.1, 0.15) is 24.8 Å². The molecule has 1 N–H and O–H groups in total. The first-order valence-corrected chi connectivity index (χ1v) is 8.33. The SMILES string of the molecule is Cc1cc(OCC(=O)N2CCC3(CCNC3)CC2)ccc1Cl.Cl. The number of aryl methyl sites for hydroxylation is 1. The maximum absolute atomic E-state index is 12.3. The lowest BCUT2D eigenvalue weighted by molar-refractivity contribution is -0.135. The van der Waals surface area contributed by atoms with Crippen molar-refractivity contribution in [3.05, 3.63) is 28.8 Å². The zero-order valence-electron chi connectivity index (χ0n) is 13.4. The van der Waals surface area contributed by atoms with E-state index in [1.807, 2.05) is 17.9 Å². The molecule has 1 aromatic carbocycles. The summed E-state index contributed by atoms with van der Waals surface area (Å²) >= 11 is 5.99. The Balaban J connectivity index is 0.00000192. The number of hydrogen-bond acceptors (Lipinski definition) is 3. The van der Waals surface area contributed by atoms with E-state index in [4.69, 9.17) is 16.3 Å². The molecular formula is C17H24Cl2N2O2. The van der Waals surface area contributed by atoms with Crippen molar-refractivity contribution in [2.45, 2.75) is 26.2 Å².